The summed E-state index contributed by atoms with van der Waals surface area (Å²) in [6.45, 7) is 5.51. The molecule has 0 bridgehead atoms. The molecule has 0 aromatic heterocycles. The van der Waals surface area contributed by atoms with Crippen molar-refractivity contribution in [3.63, 3.8) is 0 Å². The van der Waals surface area contributed by atoms with Gasteiger partial charge >= 0.3 is 0 Å². The van der Waals surface area contributed by atoms with E-state index in [9.17, 15) is 43.2 Å². The maximum Gasteiger partial charge on any atom is 0.232 e. The molecule has 0 spiro atoms. The summed E-state index contributed by atoms with van der Waals surface area (Å²) in [5, 5.41) is 8.25. The minimum absolute atomic E-state index is 0.0218. The number of likely N-dealkylation sites (tertiary alicyclic amines) is 3. The Kier molecular flexibility index (Phi) is 11.9. The van der Waals surface area contributed by atoms with Gasteiger partial charge in [-0.3, -0.25) is 57.9 Å². The Morgan fingerprint density at radius 2 is 0.872 bits per heavy atom. The van der Waals surface area contributed by atoms with Crippen molar-refractivity contribution >= 4 is 53.2 Å². The molecule has 3 aliphatic heterocycles. The van der Waals surface area contributed by atoms with Gasteiger partial charge in [-0.05, 0) is 32.1 Å². The molecular formula is C32H46N6O9. The first-order valence-electron chi connectivity index (χ1n) is 16.7. The molecule has 3 unspecified atom stereocenters. The first-order valence-corrected chi connectivity index (χ1v) is 16.7. The molecule has 0 radical (unpaired) electrons. The van der Waals surface area contributed by atoms with Crippen molar-refractivity contribution in [1.82, 2.24) is 30.7 Å². The fraction of sp³-hybridized carbons (Fsp3) is 0.719. The normalized spacial score (nSPS) is 28.0. The summed E-state index contributed by atoms with van der Waals surface area (Å²) in [5.74, 6) is -6.18. The van der Waals surface area contributed by atoms with E-state index in [1.165, 1.54) is 0 Å². The summed E-state index contributed by atoms with van der Waals surface area (Å²) in [6.07, 6.45) is 1.97. The quantitative estimate of drug-likeness (QED) is 0.203. The van der Waals surface area contributed by atoms with Gasteiger partial charge in [0.25, 0.3) is 0 Å². The predicted molar refractivity (Wildman–Crippen MR) is 164 cm³/mol. The summed E-state index contributed by atoms with van der Waals surface area (Å²) in [4.78, 5) is 117. The van der Waals surface area contributed by atoms with Crippen molar-refractivity contribution in [2.75, 3.05) is 39.3 Å². The summed E-state index contributed by atoms with van der Waals surface area (Å²) in [6, 6.07) is 0. The van der Waals surface area contributed by atoms with Crippen LogP contribution in [0.4, 0.5) is 0 Å². The minimum Gasteiger partial charge on any atom is -0.354 e. The molecule has 3 N–H and O–H groups in total. The summed E-state index contributed by atoms with van der Waals surface area (Å²) in [7, 11) is 0. The lowest BCUT2D eigenvalue weighted by Gasteiger charge is -2.33. The van der Waals surface area contributed by atoms with Gasteiger partial charge < -0.3 is 16.0 Å². The van der Waals surface area contributed by atoms with Gasteiger partial charge in [0.15, 0.2) is 0 Å². The number of imide groups is 3. The number of amides is 9. The van der Waals surface area contributed by atoms with E-state index < -0.39 is 41.4 Å². The number of hydrogen-bond acceptors (Lipinski definition) is 9. The van der Waals surface area contributed by atoms with Crippen molar-refractivity contribution < 1.29 is 43.2 Å². The minimum atomic E-state index is -0.724. The first-order chi connectivity index (χ1) is 22.4. The molecule has 15 nitrogen and oxygen atoms in total. The van der Waals surface area contributed by atoms with Gasteiger partial charge in [0.1, 0.15) is 0 Å². The van der Waals surface area contributed by atoms with Gasteiger partial charge in [0, 0.05) is 94.0 Å². The van der Waals surface area contributed by atoms with Gasteiger partial charge in [-0.25, -0.2) is 0 Å². The number of hydrogen-bond donors (Lipinski definition) is 3. The number of nitrogens with zero attached hydrogens (tertiary/aromatic N) is 3. The fourth-order valence-electron chi connectivity index (χ4n) is 6.96. The van der Waals surface area contributed by atoms with E-state index in [0.717, 1.165) is 14.7 Å². The van der Waals surface area contributed by atoms with Crippen LogP contribution in [0.25, 0.3) is 0 Å². The monoisotopic (exact) mass is 658 g/mol. The molecule has 4 fully saturated rings. The van der Waals surface area contributed by atoms with Crippen molar-refractivity contribution in [2.24, 2.45) is 35.5 Å². The number of nitrogens with one attached hydrogen (secondary N) is 3. The topological polar surface area (TPSA) is 199 Å². The van der Waals surface area contributed by atoms with Gasteiger partial charge in [-0.2, -0.15) is 0 Å². The fourth-order valence-corrected chi connectivity index (χ4v) is 6.96. The summed E-state index contributed by atoms with van der Waals surface area (Å²) in [5.41, 5.74) is 0. The molecule has 3 saturated heterocycles. The third kappa shape index (κ3) is 8.22. The van der Waals surface area contributed by atoms with Crippen molar-refractivity contribution in [2.45, 2.75) is 72.1 Å². The SMILES string of the molecule is CCC1CC(=O)N(CCNC(=O)[C@@H]2C[C@H](C(=O)NCCN3C(=O)CC(C)C3=O)C[C@H](C(=O)NCCN3C(=O)CC(CC)C3=O)C2)C1=O. The molecule has 4 rings (SSSR count). The molecule has 1 aliphatic carbocycles. The van der Waals surface area contributed by atoms with E-state index in [1.807, 2.05) is 13.8 Å². The molecule has 3 heterocycles. The summed E-state index contributed by atoms with van der Waals surface area (Å²) < 4.78 is 0. The van der Waals surface area contributed by atoms with E-state index in [2.05, 4.69) is 16.0 Å². The average molecular weight is 659 g/mol. The molecule has 4 aliphatic rings. The van der Waals surface area contributed by atoms with Gasteiger partial charge in [-0.1, -0.05) is 20.8 Å². The number of carbonyl (C=O) groups is 9. The Morgan fingerprint density at radius 3 is 1.15 bits per heavy atom. The molecular weight excluding hydrogens is 612 g/mol. The molecule has 0 aromatic rings. The van der Waals surface area contributed by atoms with Crippen LogP contribution in [0.5, 0.6) is 0 Å². The molecule has 9 amide bonds. The average Bonchev–Trinajstić information content (AvgIpc) is 3.59. The van der Waals surface area contributed by atoms with Gasteiger partial charge in [-0.15, -0.1) is 0 Å². The summed E-state index contributed by atoms with van der Waals surface area (Å²) >= 11 is 0. The third-order valence-electron chi connectivity index (χ3n) is 9.85. The van der Waals surface area contributed by atoms with Crippen LogP contribution in [-0.4, -0.2) is 107 Å². The Morgan fingerprint density at radius 1 is 0.553 bits per heavy atom. The lowest BCUT2D eigenvalue weighted by atomic mass is 9.74. The van der Waals surface area contributed by atoms with Gasteiger partial charge in [0.2, 0.25) is 53.2 Å². The maximum atomic E-state index is 13.3. The largest absolute Gasteiger partial charge is 0.354 e. The second kappa shape index (κ2) is 15.6. The zero-order valence-electron chi connectivity index (χ0n) is 27.4. The standard InChI is InChI=1S/C32H46N6O9/c1-4-19-16-25(40)37(31(19)46)10-7-34-28(43)22-13-21(27(42)33-6-9-36-24(39)12-18(3)30(36)45)14-23(15-22)29(44)35-8-11-38-26(41)17-20(5-2)32(38)47/h18-23H,4-17H2,1-3H3,(H,33,42)(H,34,43)(H,35,44)/t18?,19?,20?,21-,22+,23-. The number of carbonyl (C=O) groups excluding carboxylic acids is 9. The van der Waals surface area contributed by atoms with Crippen LogP contribution in [0.1, 0.15) is 72.1 Å². The Balaban J connectivity index is 1.35. The molecule has 6 atom stereocenters. The second-order valence-electron chi connectivity index (χ2n) is 13.0. The smallest absolute Gasteiger partial charge is 0.232 e. The first kappa shape index (κ1) is 35.7. The van der Waals surface area contributed by atoms with E-state index in [4.69, 9.17) is 0 Å². The van der Waals surface area contributed by atoms with E-state index in [0.29, 0.717) is 12.8 Å². The van der Waals surface area contributed by atoms with Crippen LogP contribution in [-0.2, 0) is 43.2 Å². The van der Waals surface area contributed by atoms with E-state index in [-0.39, 0.29) is 125 Å². The van der Waals surface area contributed by atoms with E-state index in [1.54, 1.807) is 6.92 Å². The molecule has 1 saturated carbocycles. The lowest BCUT2D eigenvalue weighted by Crippen LogP contribution is -2.47. The predicted octanol–water partition coefficient (Wildman–Crippen LogP) is -0.667. The zero-order valence-corrected chi connectivity index (χ0v) is 27.4. The van der Waals surface area contributed by atoms with Crippen molar-refractivity contribution in [3.05, 3.63) is 0 Å². The highest BCUT2D eigenvalue weighted by Crippen LogP contribution is 2.34. The Bertz CT molecular complexity index is 1250. The number of rotatable bonds is 14. The maximum absolute atomic E-state index is 13.3. The van der Waals surface area contributed by atoms with Crippen molar-refractivity contribution in [1.29, 1.82) is 0 Å². The highest BCUT2D eigenvalue weighted by atomic mass is 16.2. The molecule has 15 heteroatoms. The Labute approximate surface area is 273 Å². The van der Waals surface area contributed by atoms with E-state index >= 15 is 0 Å². The molecule has 258 valence electrons. The molecule has 0 aromatic carbocycles. The van der Waals surface area contributed by atoms with Crippen molar-refractivity contribution in [3.8, 4) is 0 Å². The van der Waals surface area contributed by atoms with Crippen LogP contribution in [0.2, 0.25) is 0 Å². The van der Waals surface area contributed by atoms with Crippen LogP contribution in [0, 0.1) is 35.5 Å². The second-order valence-corrected chi connectivity index (χ2v) is 13.0. The van der Waals surface area contributed by atoms with Crippen LogP contribution >= 0.6 is 0 Å². The van der Waals surface area contributed by atoms with Crippen LogP contribution in [0.15, 0.2) is 0 Å². The third-order valence-corrected chi connectivity index (χ3v) is 9.85. The lowest BCUT2D eigenvalue weighted by molar-refractivity contribution is -0.141. The zero-order chi connectivity index (χ0) is 34.4. The van der Waals surface area contributed by atoms with Crippen LogP contribution in [0.3, 0.4) is 0 Å². The van der Waals surface area contributed by atoms with Crippen LogP contribution < -0.4 is 16.0 Å². The van der Waals surface area contributed by atoms with Gasteiger partial charge in [0.05, 0.1) is 0 Å². The highest BCUT2D eigenvalue weighted by molar-refractivity contribution is 6.04. The molecule has 47 heavy (non-hydrogen) atoms. The highest BCUT2D eigenvalue weighted by Gasteiger charge is 2.41. The Hall–Kier alpha value is -4.17.